The van der Waals surface area contributed by atoms with Gasteiger partial charge in [0.2, 0.25) is 5.91 Å². The predicted molar refractivity (Wildman–Crippen MR) is 90.7 cm³/mol. The molecule has 1 spiro atoms. The molecule has 1 heterocycles. The molecular weight excluding hydrogens is 272 g/mol. The quantitative estimate of drug-likeness (QED) is 0.862. The van der Waals surface area contributed by atoms with E-state index in [1.807, 2.05) is 0 Å². The van der Waals surface area contributed by atoms with Crippen LogP contribution in [0.2, 0.25) is 0 Å². The van der Waals surface area contributed by atoms with Crippen molar-refractivity contribution in [2.75, 3.05) is 13.1 Å². The average molecular weight is 306 g/mol. The fourth-order valence-corrected chi connectivity index (χ4v) is 4.90. The summed E-state index contributed by atoms with van der Waals surface area (Å²) in [6.45, 7) is 6.72. The van der Waals surface area contributed by atoms with E-state index in [9.17, 15) is 4.79 Å². The highest BCUT2D eigenvalue weighted by Gasteiger charge is 2.41. The molecule has 0 bridgehead atoms. The SMILES string of the molecule is CC1CCC(NC(=O)[C@H](C)N2CCC3(CCCCC3)C2)CC1. The third-order valence-electron chi connectivity index (χ3n) is 6.67. The van der Waals surface area contributed by atoms with Crippen molar-refractivity contribution < 1.29 is 4.79 Å². The molecule has 0 aromatic carbocycles. The first-order valence-corrected chi connectivity index (χ1v) is 9.62. The Morgan fingerprint density at radius 2 is 1.77 bits per heavy atom. The number of carbonyl (C=O) groups excluding carboxylic acids is 1. The molecule has 1 saturated heterocycles. The molecule has 3 rings (SSSR count). The van der Waals surface area contributed by atoms with Crippen molar-refractivity contribution in [3.63, 3.8) is 0 Å². The molecule has 3 aliphatic rings. The summed E-state index contributed by atoms with van der Waals surface area (Å²) in [5.41, 5.74) is 0.549. The van der Waals surface area contributed by atoms with E-state index < -0.39 is 0 Å². The molecule has 0 radical (unpaired) electrons. The smallest absolute Gasteiger partial charge is 0.237 e. The Morgan fingerprint density at radius 1 is 1.09 bits per heavy atom. The summed E-state index contributed by atoms with van der Waals surface area (Å²) in [4.78, 5) is 15.0. The lowest BCUT2D eigenvalue weighted by atomic mass is 9.73. The first-order chi connectivity index (χ1) is 10.6. The van der Waals surface area contributed by atoms with Gasteiger partial charge in [-0.25, -0.2) is 0 Å². The van der Waals surface area contributed by atoms with Crippen LogP contribution in [0.15, 0.2) is 0 Å². The van der Waals surface area contributed by atoms with Crippen LogP contribution in [0.3, 0.4) is 0 Å². The lowest BCUT2D eigenvalue weighted by molar-refractivity contribution is -0.126. The second-order valence-electron chi connectivity index (χ2n) is 8.42. The number of hydrogen-bond acceptors (Lipinski definition) is 2. The summed E-state index contributed by atoms with van der Waals surface area (Å²) in [6, 6.07) is 0.484. The van der Waals surface area contributed by atoms with Crippen molar-refractivity contribution in [3.8, 4) is 0 Å². The van der Waals surface area contributed by atoms with Crippen LogP contribution < -0.4 is 5.32 Å². The van der Waals surface area contributed by atoms with Crippen molar-refractivity contribution in [3.05, 3.63) is 0 Å². The molecule has 3 heteroatoms. The van der Waals surface area contributed by atoms with Crippen LogP contribution in [0.4, 0.5) is 0 Å². The van der Waals surface area contributed by atoms with E-state index in [1.165, 1.54) is 64.2 Å². The number of carbonyl (C=O) groups is 1. The van der Waals surface area contributed by atoms with E-state index in [0.29, 0.717) is 11.5 Å². The zero-order valence-corrected chi connectivity index (χ0v) is 14.6. The summed E-state index contributed by atoms with van der Waals surface area (Å²) >= 11 is 0. The first-order valence-electron chi connectivity index (χ1n) is 9.62. The van der Waals surface area contributed by atoms with Gasteiger partial charge in [0.05, 0.1) is 6.04 Å². The minimum Gasteiger partial charge on any atom is -0.352 e. The van der Waals surface area contributed by atoms with E-state index in [0.717, 1.165) is 19.0 Å². The summed E-state index contributed by atoms with van der Waals surface area (Å²) in [5, 5.41) is 3.33. The number of rotatable bonds is 3. The van der Waals surface area contributed by atoms with Crippen LogP contribution in [0.1, 0.15) is 78.1 Å². The molecule has 3 fully saturated rings. The monoisotopic (exact) mass is 306 g/mol. The largest absolute Gasteiger partial charge is 0.352 e. The standard InChI is InChI=1S/C19H34N2O/c1-15-6-8-17(9-7-15)20-18(22)16(2)21-13-12-19(14-21)10-4-3-5-11-19/h15-17H,3-14H2,1-2H3,(H,20,22)/t15?,16-,17?/m0/s1. The molecule has 0 aromatic heterocycles. The summed E-state index contributed by atoms with van der Waals surface area (Å²) < 4.78 is 0. The second kappa shape index (κ2) is 6.90. The Hall–Kier alpha value is -0.570. The number of amides is 1. The number of nitrogens with zero attached hydrogens (tertiary/aromatic N) is 1. The lowest BCUT2D eigenvalue weighted by Crippen LogP contribution is -2.48. The summed E-state index contributed by atoms with van der Waals surface area (Å²) in [7, 11) is 0. The van der Waals surface area contributed by atoms with Crippen LogP contribution in [0.25, 0.3) is 0 Å². The van der Waals surface area contributed by atoms with E-state index in [1.54, 1.807) is 0 Å². The van der Waals surface area contributed by atoms with Gasteiger partial charge in [0.1, 0.15) is 0 Å². The zero-order chi connectivity index (χ0) is 15.6. The summed E-state index contributed by atoms with van der Waals surface area (Å²) in [5.74, 6) is 1.11. The summed E-state index contributed by atoms with van der Waals surface area (Å²) in [6.07, 6.45) is 13.2. The fourth-order valence-electron chi connectivity index (χ4n) is 4.90. The van der Waals surface area contributed by atoms with Crippen LogP contribution >= 0.6 is 0 Å². The van der Waals surface area contributed by atoms with Crippen LogP contribution in [0.5, 0.6) is 0 Å². The van der Waals surface area contributed by atoms with Crippen LogP contribution in [0, 0.1) is 11.3 Å². The van der Waals surface area contributed by atoms with Gasteiger partial charge < -0.3 is 5.32 Å². The van der Waals surface area contributed by atoms with Gasteiger partial charge >= 0.3 is 0 Å². The Bertz CT molecular complexity index is 381. The molecule has 1 amide bonds. The third kappa shape index (κ3) is 3.67. The minimum absolute atomic E-state index is 0.0562. The zero-order valence-electron chi connectivity index (χ0n) is 14.6. The second-order valence-corrected chi connectivity index (χ2v) is 8.42. The number of nitrogens with one attached hydrogen (secondary N) is 1. The molecule has 22 heavy (non-hydrogen) atoms. The lowest BCUT2D eigenvalue weighted by Gasteiger charge is -2.35. The van der Waals surface area contributed by atoms with Crippen molar-refractivity contribution in [1.29, 1.82) is 0 Å². The van der Waals surface area contributed by atoms with E-state index in [4.69, 9.17) is 0 Å². The van der Waals surface area contributed by atoms with Gasteiger partial charge in [-0.15, -0.1) is 0 Å². The van der Waals surface area contributed by atoms with Gasteiger partial charge in [-0.2, -0.15) is 0 Å². The maximum atomic E-state index is 12.6. The average Bonchev–Trinajstić information content (AvgIpc) is 2.93. The molecule has 2 aliphatic carbocycles. The Labute approximate surface area is 136 Å². The highest BCUT2D eigenvalue weighted by atomic mass is 16.2. The highest BCUT2D eigenvalue weighted by molar-refractivity contribution is 5.81. The van der Waals surface area contributed by atoms with Gasteiger partial charge in [0.15, 0.2) is 0 Å². The van der Waals surface area contributed by atoms with E-state index in [-0.39, 0.29) is 11.9 Å². The number of likely N-dealkylation sites (tertiary alicyclic amines) is 1. The van der Waals surface area contributed by atoms with Gasteiger partial charge in [-0.1, -0.05) is 26.2 Å². The minimum atomic E-state index is 0.0562. The Balaban J connectivity index is 1.48. The fraction of sp³-hybridized carbons (Fsp3) is 0.947. The molecule has 126 valence electrons. The van der Waals surface area contributed by atoms with Crippen molar-refractivity contribution in [1.82, 2.24) is 10.2 Å². The molecule has 1 N–H and O–H groups in total. The molecule has 3 nitrogen and oxygen atoms in total. The van der Waals surface area contributed by atoms with Gasteiger partial charge in [-0.05, 0) is 69.7 Å². The van der Waals surface area contributed by atoms with Crippen molar-refractivity contribution in [2.24, 2.45) is 11.3 Å². The Kier molecular flexibility index (Phi) is 5.11. The van der Waals surface area contributed by atoms with Gasteiger partial charge in [-0.3, -0.25) is 9.69 Å². The van der Waals surface area contributed by atoms with Gasteiger partial charge in [0.25, 0.3) is 0 Å². The van der Waals surface area contributed by atoms with Crippen LogP contribution in [-0.4, -0.2) is 36.0 Å². The maximum absolute atomic E-state index is 12.6. The van der Waals surface area contributed by atoms with Crippen molar-refractivity contribution in [2.45, 2.75) is 90.1 Å². The molecule has 2 saturated carbocycles. The molecule has 0 unspecified atom stereocenters. The molecule has 0 aromatic rings. The van der Waals surface area contributed by atoms with E-state index >= 15 is 0 Å². The van der Waals surface area contributed by atoms with E-state index in [2.05, 4.69) is 24.1 Å². The van der Waals surface area contributed by atoms with Gasteiger partial charge in [0, 0.05) is 12.6 Å². The Morgan fingerprint density at radius 3 is 2.45 bits per heavy atom. The maximum Gasteiger partial charge on any atom is 0.237 e. The first kappa shape index (κ1) is 16.3. The van der Waals surface area contributed by atoms with Crippen molar-refractivity contribution >= 4 is 5.91 Å². The molecule has 1 atom stereocenters. The molecular formula is C19H34N2O. The predicted octanol–water partition coefficient (Wildman–Crippen LogP) is 3.73. The van der Waals surface area contributed by atoms with Crippen LogP contribution in [-0.2, 0) is 4.79 Å². The normalized spacial score (nSPS) is 33.7. The molecule has 1 aliphatic heterocycles. The number of hydrogen-bond donors (Lipinski definition) is 1. The topological polar surface area (TPSA) is 32.3 Å². The highest BCUT2D eigenvalue weighted by Crippen LogP contribution is 2.44. The third-order valence-corrected chi connectivity index (χ3v) is 6.67.